The molecule has 1 aliphatic heterocycles. The third-order valence-electron chi connectivity index (χ3n) is 3.17. The van der Waals surface area contributed by atoms with Crippen LogP contribution in [0.25, 0.3) is 0 Å². The fourth-order valence-corrected chi connectivity index (χ4v) is 2.97. The third-order valence-corrected chi connectivity index (χ3v) is 3.85. The molecule has 2 aromatic rings. The van der Waals surface area contributed by atoms with E-state index in [9.17, 15) is 0 Å². The minimum Gasteiger partial charge on any atom is -0.330 e. The Morgan fingerprint density at radius 3 is 3.06 bits per heavy atom. The lowest BCUT2D eigenvalue weighted by Crippen LogP contribution is -2.17. The molecule has 0 bridgehead atoms. The van der Waals surface area contributed by atoms with Crippen molar-refractivity contribution in [2.45, 2.75) is 12.3 Å². The Bertz CT molecular complexity index is 497. The van der Waals surface area contributed by atoms with E-state index in [0.29, 0.717) is 5.92 Å². The first-order chi connectivity index (χ1) is 8.40. The van der Waals surface area contributed by atoms with Gasteiger partial charge >= 0.3 is 0 Å². The van der Waals surface area contributed by atoms with Gasteiger partial charge in [-0.2, -0.15) is 4.37 Å². The minimum atomic E-state index is 0.514. The number of aromatic nitrogens is 2. The fraction of sp³-hybridized carbons (Fsp3) is 0.333. The number of nitrogens with zero attached hydrogens (tertiary/aromatic N) is 3. The van der Waals surface area contributed by atoms with Crippen molar-refractivity contribution in [1.29, 1.82) is 0 Å². The highest BCUT2D eigenvalue weighted by Crippen LogP contribution is 2.41. The molecule has 1 aromatic heterocycles. The first-order valence-corrected chi connectivity index (χ1v) is 6.50. The standard InChI is InChI=1S/C12H14N4S/c13-6-5-9-7-16(12-14-8-15-17-12)11-4-2-1-3-10(9)11/h1-4,8-9H,5-7,13H2. The molecule has 1 atom stereocenters. The molecule has 0 radical (unpaired) electrons. The Balaban J connectivity index is 1.99. The second-order valence-corrected chi connectivity index (χ2v) is 4.93. The van der Waals surface area contributed by atoms with Gasteiger partial charge in [-0.15, -0.1) is 0 Å². The van der Waals surface area contributed by atoms with Crippen molar-refractivity contribution in [2.75, 3.05) is 18.0 Å². The van der Waals surface area contributed by atoms with E-state index in [-0.39, 0.29) is 0 Å². The minimum absolute atomic E-state index is 0.514. The van der Waals surface area contributed by atoms with Gasteiger partial charge in [0.1, 0.15) is 6.33 Å². The zero-order chi connectivity index (χ0) is 11.7. The Morgan fingerprint density at radius 2 is 2.29 bits per heavy atom. The number of para-hydroxylation sites is 1. The lowest BCUT2D eigenvalue weighted by atomic mass is 9.98. The summed E-state index contributed by atoms with van der Waals surface area (Å²) >= 11 is 1.44. The maximum Gasteiger partial charge on any atom is 0.209 e. The summed E-state index contributed by atoms with van der Waals surface area (Å²) < 4.78 is 4.07. The number of hydrogen-bond acceptors (Lipinski definition) is 5. The maximum atomic E-state index is 5.69. The average Bonchev–Trinajstić information content (AvgIpc) is 2.97. The topological polar surface area (TPSA) is 55.0 Å². The zero-order valence-electron chi connectivity index (χ0n) is 9.41. The van der Waals surface area contributed by atoms with Crippen LogP contribution in [0.15, 0.2) is 30.6 Å². The lowest BCUT2D eigenvalue weighted by Gasteiger charge is -2.15. The molecule has 0 aliphatic carbocycles. The van der Waals surface area contributed by atoms with Crippen LogP contribution >= 0.6 is 11.5 Å². The molecule has 88 valence electrons. The molecular formula is C12H14N4S. The number of benzene rings is 1. The average molecular weight is 246 g/mol. The van der Waals surface area contributed by atoms with E-state index in [1.54, 1.807) is 6.33 Å². The number of rotatable bonds is 3. The Kier molecular flexibility index (Phi) is 2.78. The summed E-state index contributed by atoms with van der Waals surface area (Å²) in [4.78, 5) is 6.54. The van der Waals surface area contributed by atoms with Crippen molar-refractivity contribution in [3.05, 3.63) is 36.2 Å². The lowest BCUT2D eigenvalue weighted by molar-refractivity contribution is 0.668. The smallest absolute Gasteiger partial charge is 0.209 e. The van der Waals surface area contributed by atoms with E-state index >= 15 is 0 Å². The van der Waals surface area contributed by atoms with Gasteiger partial charge in [0, 0.05) is 29.7 Å². The van der Waals surface area contributed by atoms with Crippen molar-refractivity contribution in [3.63, 3.8) is 0 Å². The molecular weight excluding hydrogens is 232 g/mol. The van der Waals surface area contributed by atoms with Gasteiger partial charge in [-0.3, -0.25) is 0 Å². The van der Waals surface area contributed by atoms with Gasteiger partial charge in [0.15, 0.2) is 0 Å². The Hall–Kier alpha value is -1.46. The summed E-state index contributed by atoms with van der Waals surface area (Å²) in [6.07, 6.45) is 2.63. The van der Waals surface area contributed by atoms with Gasteiger partial charge in [-0.05, 0) is 24.6 Å². The molecule has 2 N–H and O–H groups in total. The van der Waals surface area contributed by atoms with E-state index in [4.69, 9.17) is 5.73 Å². The number of anilines is 2. The molecule has 0 fully saturated rings. The fourth-order valence-electron chi connectivity index (χ4n) is 2.41. The molecule has 1 aromatic carbocycles. The number of nitrogens with two attached hydrogens (primary N) is 1. The summed E-state index contributed by atoms with van der Waals surface area (Å²) in [6.45, 7) is 1.69. The van der Waals surface area contributed by atoms with Crippen LogP contribution in [-0.4, -0.2) is 22.4 Å². The van der Waals surface area contributed by atoms with Gasteiger partial charge in [0.05, 0.1) is 0 Å². The highest BCUT2D eigenvalue weighted by molar-refractivity contribution is 7.09. The maximum absolute atomic E-state index is 5.69. The van der Waals surface area contributed by atoms with Crippen LogP contribution in [0.1, 0.15) is 17.9 Å². The molecule has 2 heterocycles. The van der Waals surface area contributed by atoms with E-state index in [2.05, 4.69) is 38.5 Å². The van der Waals surface area contributed by atoms with Crippen LogP contribution in [0, 0.1) is 0 Å². The highest BCUT2D eigenvalue weighted by Gasteiger charge is 2.29. The summed E-state index contributed by atoms with van der Waals surface area (Å²) in [7, 11) is 0. The molecule has 17 heavy (non-hydrogen) atoms. The zero-order valence-corrected chi connectivity index (χ0v) is 10.2. The first-order valence-electron chi connectivity index (χ1n) is 5.73. The molecule has 0 saturated heterocycles. The number of fused-ring (bicyclic) bond motifs is 1. The SMILES string of the molecule is NCCC1CN(c2ncns2)c2ccccc21. The summed E-state index contributed by atoms with van der Waals surface area (Å²) in [5.41, 5.74) is 8.32. The molecule has 5 heteroatoms. The van der Waals surface area contributed by atoms with Crippen molar-refractivity contribution in [2.24, 2.45) is 5.73 Å². The molecule has 0 saturated carbocycles. The molecule has 3 rings (SSSR count). The van der Waals surface area contributed by atoms with E-state index < -0.39 is 0 Å². The largest absolute Gasteiger partial charge is 0.330 e. The quantitative estimate of drug-likeness (QED) is 0.901. The Labute approximate surface area is 104 Å². The van der Waals surface area contributed by atoms with Crippen LogP contribution in [0.4, 0.5) is 10.8 Å². The normalized spacial score (nSPS) is 18.4. The van der Waals surface area contributed by atoms with Crippen molar-refractivity contribution >= 4 is 22.4 Å². The van der Waals surface area contributed by atoms with Crippen molar-refractivity contribution in [3.8, 4) is 0 Å². The van der Waals surface area contributed by atoms with E-state index in [1.165, 1.54) is 22.8 Å². The number of hydrogen-bond donors (Lipinski definition) is 1. The van der Waals surface area contributed by atoms with Gasteiger partial charge in [-0.1, -0.05) is 18.2 Å². The van der Waals surface area contributed by atoms with Gasteiger partial charge in [0.25, 0.3) is 0 Å². The van der Waals surface area contributed by atoms with Crippen LogP contribution in [0.5, 0.6) is 0 Å². The van der Waals surface area contributed by atoms with Crippen molar-refractivity contribution in [1.82, 2.24) is 9.36 Å². The second-order valence-electron chi connectivity index (χ2n) is 4.17. The van der Waals surface area contributed by atoms with E-state index in [1.807, 2.05) is 0 Å². The van der Waals surface area contributed by atoms with Crippen LogP contribution < -0.4 is 10.6 Å². The molecule has 0 amide bonds. The predicted octanol–water partition coefficient (Wildman–Crippen LogP) is 2.12. The van der Waals surface area contributed by atoms with Crippen LogP contribution in [0.2, 0.25) is 0 Å². The predicted molar refractivity (Wildman–Crippen MR) is 69.8 cm³/mol. The van der Waals surface area contributed by atoms with E-state index in [0.717, 1.165) is 24.6 Å². The summed E-state index contributed by atoms with van der Waals surface area (Å²) in [5, 5.41) is 0.969. The third kappa shape index (κ3) is 1.81. The van der Waals surface area contributed by atoms with Crippen LogP contribution in [-0.2, 0) is 0 Å². The first kappa shape index (κ1) is 10.7. The van der Waals surface area contributed by atoms with Gasteiger partial charge < -0.3 is 10.6 Å². The molecule has 1 unspecified atom stereocenters. The van der Waals surface area contributed by atoms with Crippen LogP contribution in [0.3, 0.4) is 0 Å². The van der Waals surface area contributed by atoms with Gasteiger partial charge in [-0.25, -0.2) is 4.98 Å². The monoisotopic (exact) mass is 246 g/mol. The summed E-state index contributed by atoms with van der Waals surface area (Å²) in [5.74, 6) is 0.514. The van der Waals surface area contributed by atoms with Gasteiger partial charge in [0.2, 0.25) is 5.13 Å². The highest BCUT2D eigenvalue weighted by atomic mass is 32.1. The molecule has 4 nitrogen and oxygen atoms in total. The summed E-state index contributed by atoms with van der Waals surface area (Å²) in [6, 6.07) is 8.49. The molecule has 0 spiro atoms. The van der Waals surface area contributed by atoms with Crippen molar-refractivity contribution < 1.29 is 0 Å². The molecule has 1 aliphatic rings. The second kappa shape index (κ2) is 4.43. The Morgan fingerprint density at radius 1 is 1.41 bits per heavy atom.